The van der Waals surface area contributed by atoms with E-state index in [9.17, 15) is 16.8 Å². The van der Waals surface area contributed by atoms with Crippen LogP contribution < -0.4 is 10.1 Å². The summed E-state index contributed by atoms with van der Waals surface area (Å²) in [5.41, 5.74) is 1.20. The molecular weight excluding hydrogens is 422 g/mol. The van der Waals surface area contributed by atoms with Crippen molar-refractivity contribution in [1.29, 1.82) is 0 Å². The van der Waals surface area contributed by atoms with Crippen molar-refractivity contribution in [3.8, 4) is 5.75 Å². The van der Waals surface area contributed by atoms with Crippen molar-refractivity contribution in [3.05, 3.63) is 60.2 Å². The molecule has 0 aliphatic carbocycles. The van der Waals surface area contributed by atoms with Crippen LogP contribution in [-0.4, -0.2) is 52.3 Å². The van der Waals surface area contributed by atoms with Gasteiger partial charge in [0.05, 0.1) is 27.8 Å². The molecule has 1 heterocycles. The summed E-state index contributed by atoms with van der Waals surface area (Å²) in [4.78, 5) is 0.122. The summed E-state index contributed by atoms with van der Waals surface area (Å²) in [6.07, 6.45) is 1.63. The lowest BCUT2D eigenvalue weighted by molar-refractivity contribution is 0.242. The van der Waals surface area contributed by atoms with Gasteiger partial charge in [0, 0.05) is 6.04 Å². The quantitative estimate of drug-likeness (QED) is 0.590. The van der Waals surface area contributed by atoms with Crippen LogP contribution in [0.1, 0.15) is 25.8 Å². The highest BCUT2D eigenvalue weighted by Gasteiger charge is 2.45. The molecule has 2 atom stereocenters. The maximum atomic E-state index is 13.2. The molecule has 1 fully saturated rings. The summed E-state index contributed by atoms with van der Waals surface area (Å²) < 4.78 is 56.4. The maximum absolute atomic E-state index is 13.2. The first-order chi connectivity index (χ1) is 14.2. The van der Waals surface area contributed by atoms with Crippen molar-refractivity contribution >= 4 is 19.7 Å². The minimum absolute atomic E-state index is 0.0168. The van der Waals surface area contributed by atoms with Crippen molar-refractivity contribution in [1.82, 2.24) is 5.32 Å². The van der Waals surface area contributed by atoms with Crippen molar-refractivity contribution in [2.45, 2.75) is 49.0 Å². The molecule has 2 aromatic rings. The average molecular weight is 452 g/mol. The molecule has 8 heteroatoms. The summed E-state index contributed by atoms with van der Waals surface area (Å²) in [5.74, 6) is 0.0748. The van der Waals surface area contributed by atoms with Crippen LogP contribution in [0.3, 0.4) is 0 Å². The van der Waals surface area contributed by atoms with Gasteiger partial charge in [-0.15, -0.1) is 0 Å². The summed E-state index contributed by atoms with van der Waals surface area (Å²) in [6.45, 7) is 4.34. The molecule has 0 spiro atoms. The number of sulfone groups is 2. The van der Waals surface area contributed by atoms with Crippen LogP contribution in [0.5, 0.6) is 5.75 Å². The lowest BCUT2D eigenvalue weighted by Crippen LogP contribution is -2.43. The topological polar surface area (TPSA) is 89.5 Å². The Hall–Kier alpha value is -1.90. The number of nitrogens with one attached hydrogen (secondary N) is 1. The lowest BCUT2D eigenvalue weighted by Gasteiger charge is -2.20. The van der Waals surface area contributed by atoms with Gasteiger partial charge in [-0.1, -0.05) is 30.3 Å². The van der Waals surface area contributed by atoms with Crippen LogP contribution in [0, 0.1) is 0 Å². The van der Waals surface area contributed by atoms with Crippen LogP contribution in [0.15, 0.2) is 59.5 Å². The minimum Gasteiger partial charge on any atom is -0.491 e. The Morgan fingerprint density at radius 2 is 1.70 bits per heavy atom. The van der Waals surface area contributed by atoms with Gasteiger partial charge in [-0.05, 0) is 63.1 Å². The number of rotatable bonds is 9. The predicted molar refractivity (Wildman–Crippen MR) is 118 cm³/mol. The van der Waals surface area contributed by atoms with Crippen LogP contribution in [-0.2, 0) is 26.1 Å². The van der Waals surface area contributed by atoms with E-state index in [0.29, 0.717) is 12.3 Å². The fourth-order valence-corrected chi connectivity index (χ4v) is 8.41. The van der Waals surface area contributed by atoms with Gasteiger partial charge in [0.15, 0.2) is 19.7 Å². The van der Waals surface area contributed by atoms with E-state index in [-0.39, 0.29) is 22.5 Å². The highest BCUT2D eigenvalue weighted by molar-refractivity contribution is 7.96. The molecule has 6 nitrogen and oxygen atoms in total. The van der Waals surface area contributed by atoms with Gasteiger partial charge in [-0.3, -0.25) is 0 Å². The third-order valence-corrected chi connectivity index (χ3v) is 9.28. The van der Waals surface area contributed by atoms with E-state index in [1.54, 1.807) is 12.1 Å². The van der Waals surface area contributed by atoms with Crippen LogP contribution >= 0.6 is 0 Å². The number of hydrogen-bond acceptors (Lipinski definition) is 6. The maximum Gasteiger partial charge on any atom is 0.183 e. The van der Waals surface area contributed by atoms with E-state index >= 15 is 0 Å². The highest BCUT2D eigenvalue weighted by atomic mass is 32.2. The average Bonchev–Trinajstić information content (AvgIpc) is 3.01. The third-order valence-electron chi connectivity index (χ3n) is 5.11. The van der Waals surface area contributed by atoms with Gasteiger partial charge in [0.2, 0.25) is 0 Å². The first kappa shape index (κ1) is 22.8. The second-order valence-corrected chi connectivity index (χ2v) is 12.3. The van der Waals surface area contributed by atoms with Crippen molar-refractivity contribution in [3.63, 3.8) is 0 Å². The van der Waals surface area contributed by atoms with Crippen LogP contribution in [0.2, 0.25) is 0 Å². The monoisotopic (exact) mass is 451 g/mol. The molecule has 3 rings (SSSR count). The molecule has 0 saturated carbocycles. The number of aryl methyl sites for hydroxylation is 1. The highest BCUT2D eigenvalue weighted by Crippen LogP contribution is 2.27. The molecule has 1 aliphatic rings. The largest absolute Gasteiger partial charge is 0.491 e. The summed E-state index contributed by atoms with van der Waals surface area (Å²) in [5, 5.41) is 2.20. The van der Waals surface area contributed by atoms with Gasteiger partial charge in [-0.25, -0.2) is 16.8 Å². The SMILES string of the molecule is CC(C)Oc1ccc(S(=O)(=O)[C@H]2CS(=O)(=O)C[C@@H]2NCCCc2ccccc2)cc1. The first-order valence-corrected chi connectivity index (χ1v) is 13.5. The molecule has 30 heavy (non-hydrogen) atoms. The molecule has 0 bridgehead atoms. The van der Waals surface area contributed by atoms with E-state index < -0.39 is 31.0 Å². The standard InChI is InChI=1S/C22H29NO5S2/c1-17(2)28-19-10-12-20(13-11-19)30(26,27)22-16-29(24,25)15-21(22)23-14-6-9-18-7-4-3-5-8-18/h3-5,7-8,10-13,17,21-23H,6,9,14-16H2,1-2H3/t21-,22-/m0/s1. The van der Waals surface area contributed by atoms with Crippen LogP contribution in [0.25, 0.3) is 0 Å². The smallest absolute Gasteiger partial charge is 0.183 e. The molecule has 1 saturated heterocycles. The normalized spacial score (nSPS) is 21.0. The van der Waals surface area contributed by atoms with Crippen LogP contribution in [0.4, 0.5) is 0 Å². The third kappa shape index (κ3) is 5.83. The van der Waals surface area contributed by atoms with Gasteiger partial charge in [-0.2, -0.15) is 0 Å². The van der Waals surface area contributed by atoms with Gasteiger partial charge < -0.3 is 10.1 Å². The zero-order valence-electron chi connectivity index (χ0n) is 17.3. The fraction of sp³-hybridized carbons (Fsp3) is 0.455. The first-order valence-electron chi connectivity index (χ1n) is 10.2. The Morgan fingerprint density at radius 3 is 2.33 bits per heavy atom. The Morgan fingerprint density at radius 1 is 1.03 bits per heavy atom. The molecule has 164 valence electrons. The molecule has 0 aromatic heterocycles. The zero-order chi connectivity index (χ0) is 21.8. The second-order valence-electron chi connectivity index (χ2n) is 7.95. The van der Waals surface area contributed by atoms with E-state index in [0.717, 1.165) is 12.8 Å². The van der Waals surface area contributed by atoms with Gasteiger partial charge in [0.25, 0.3) is 0 Å². The number of hydrogen-bond donors (Lipinski definition) is 1. The van der Waals surface area contributed by atoms with E-state index in [2.05, 4.69) is 5.32 Å². The summed E-state index contributed by atoms with van der Waals surface area (Å²) in [6, 6.07) is 15.6. The minimum atomic E-state index is -3.79. The molecule has 1 N–H and O–H groups in total. The number of benzene rings is 2. The Kier molecular flexibility index (Phi) is 7.21. The van der Waals surface area contributed by atoms with E-state index in [4.69, 9.17) is 4.74 Å². The lowest BCUT2D eigenvalue weighted by atomic mass is 10.1. The Bertz CT molecular complexity index is 1030. The van der Waals surface area contributed by atoms with Crippen molar-refractivity contribution in [2.24, 2.45) is 0 Å². The van der Waals surface area contributed by atoms with E-state index in [1.807, 2.05) is 44.2 Å². The number of ether oxygens (including phenoxy) is 1. The fourth-order valence-electron chi connectivity index (χ4n) is 3.69. The zero-order valence-corrected chi connectivity index (χ0v) is 19.0. The Balaban J connectivity index is 1.68. The molecular formula is C22H29NO5S2. The van der Waals surface area contributed by atoms with Crippen molar-refractivity contribution in [2.75, 3.05) is 18.1 Å². The van der Waals surface area contributed by atoms with Crippen molar-refractivity contribution < 1.29 is 21.6 Å². The summed E-state index contributed by atoms with van der Waals surface area (Å²) in [7, 11) is -7.21. The molecule has 0 amide bonds. The molecule has 0 radical (unpaired) electrons. The molecule has 0 unspecified atom stereocenters. The van der Waals surface area contributed by atoms with Gasteiger partial charge in [0.1, 0.15) is 5.75 Å². The van der Waals surface area contributed by atoms with Gasteiger partial charge >= 0.3 is 0 Å². The molecule has 2 aromatic carbocycles. The second kappa shape index (κ2) is 9.49. The summed E-state index contributed by atoms with van der Waals surface area (Å²) >= 11 is 0. The molecule has 1 aliphatic heterocycles. The Labute approximate surface area is 179 Å². The predicted octanol–water partition coefficient (Wildman–Crippen LogP) is 2.64. The van der Waals surface area contributed by atoms with E-state index in [1.165, 1.54) is 17.7 Å².